The number of nitro groups is 2. The van der Waals surface area contributed by atoms with Crippen LogP contribution in [0.1, 0.15) is 16.7 Å². The van der Waals surface area contributed by atoms with Crippen LogP contribution in [0.5, 0.6) is 11.5 Å². The quantitative estimate of drug-likeness (QED) is 0.294. The van der Waals surface area contributed by atoms with Gasteiger partial charge in [0.25, 0.3) is 0 Å². The highest BCUT2D eigenvalue weighted by Crippen LogP contribution is 2.31. The van der Waals surface area contributed by atoms with Crippen molar-refractivity contribution in [3.8, 4) is 11.5 Å². The van der Waals surface area contributed by atoms with Crippen LogP contribution in [0.3, 0.4) is 0 Å². The van der Waals surface area contributed by atoms with Crippen molar-refractivity contribution in [3.05, 3.63) is 115 Å². The highest BCUT2D eigenvalue weighted by atomic mass is 16.6. The number of nitro benzene ring substituents is 2. The summed E-state index contributed by atoms with van der Waals surface area (Å²) in [7, 11) is 0. The van der Waals surface area contributed by atoms with Gasteiger partial charge in [-0.15, -0.1) is 0 Å². The molecule has 1 fully saturated rings. The van der Waals surface area contributed by atoms with Gasteiger partial charge in [0.15, 0.2) is 17.3 Å². The van der Waals surface area contributed by atoms with Gasteiger partial charge in [-0.25, -0.2) is 0 Å². The molecule has 36 heavy (non-hydrogen) atoms. The van der Waals surface area contributed by atoms with Gasteiger partial charge in [-0.05, 0) is 41.0 Å². The fraction of sp³-hybridized carbons (Fsp3) is 0.115. The van der Waals surface area contributed by atoms with Crippen LogP contribution in [0.2, 0.25) is 0 Å². The number of rotatable bonds is 6. The second-order valence-electron chi connectivity index (χ2n) is 8.31. The number of phenols is 2. The maximum Gasteiger partial charge on any atom is 0.311 e. The fourth-order valence-corrected chi connectivity index (χ4v) is 4.02. The number of likely N-dealkylation sites (tertiary alicyclic amines) is 1. The lowest BCUT2D eigenvalue weighted by atomic mass is 9.93. The molecular weight excluding hydrogens is 466 g/mol. The number of carbonyl (C=O) groups excluding carboxylic acids is 1. The minimum atomic E-state index is -0.704. The summed E-state index contributed by atoms with van der Waals surface area (Å²) >= 11 is 0. The number of hydrogen-bond acceptors (Lipinski definition) is 8. The normalized spacial score (nSPS) is 16.4. The third-order valence-corrected chi connectivity index (χ3v) is 5.69. The molecule has 0 spiro atoms. The molecule has 3 aromatic rings. The number of aromatic hydroxyl groups is 2. The third-order valence-electron chi connectivity index (χ3n) is 5.69. The average Bonchev–Trinajstić information content (AvgIpc) is 2.84. The number of hydrogen-bond donors (Lipinski definition) is 2. The molecule has 0 amide bonds. The highest BCUT2D eigenvalue weighted by molar-refractivity contribution is 6.14. The van der Waals surface area contributed by atoms with Crippen molar-refractivity contribution < 1.29 is 24.9 Å². The van der Waals surface area contributed by atoms with Gasteiger partial charge in [0.1, 0.15) is 0 Å². The maximum absolute atomic E-state index is 13.4. The molecule has 0 unspecified atom stereocenters. The molecule has 10 heteroatoms. The molecule has 0 atom stereocenters. The summed E-state index contributed by atoms with van der Waals surface area (Å²) in [4.78, 5) is 36.4. The average molecular weight is 487 g/mol. The zero-order valence-electron chi connectivity index (χ0n) is 18.9. The number of benzene rings is 3. The molecule has 0 aromatic heterocycles. The molecule has 4 rings (SSSR count). The lowest BCUT2D eigenvalue weighted by Crippen LogP contribution is -2.37. The molecule has 1 saturated heterocycles. The second-order valence-corrected chi connectivity index (χ2v) is 8.31. The smallest absolute Gasteiger partial charge is 0.311 e. The second kappa shape index (κ2) is 10.2. The molecule has 0 bridgehead atoms. The molecule has 3 aromatic carbocycles. The minimum Gasteiger partial charge on any atom is -0.502 e. The van der Waals surface area contributed by atoms with Crippen molar-refractivity contribution in [1.82, 2.24) is 4.90 Å². The Hall–Kier alpha value is -4.83. The predicted molar refractivity (Wildman–Crippen MR) is 132 cm³/mol. The van der Waals surface area contributed by atoms with E-state index in [9.17, 15) is 35.2 Å². The molecule has 0 saturated carbocycles. The van der Waals surface area contributed by atoms with Crippen molar-refractivity contribution in [3.63, 3.8) is 0 Å². The Morgan fingerprint density at radius 1 is 0.778 bits per heavy atom. The van der Waals surface area contributed by atoms with Crippen LogP contribution in [0.25, 0.3) is 12.2 Å². The van der Waals surface area contributed by atoms with E-state index in [0.29, 0.717) is 28.8 Å². The van der Waals surface area contributed by atoms with Crippen LogP contribution >= 0.6 is 0 Å². The number of ketones is 1. The van der Waals surface area contributed by atoms with Crippen LogP contribution in [-0.2, 0) is 11.3 Å². The molecule has 2 N–H and O–H groups in total. The zero-order chi connectivity index (χ0) is 25.8. The topological polar surface area (TPSA) is 147 Å². The zero-order valence-corrected chi connectivity index (χ0v) is 18.9. The van der Waals surface area contributed by atoms with E-state index in [4.69, 9.17) is 0 Å². The van der Waals surface area contributed by atoms with Crippen LogP contribution in [0.15, 0.2) is 77.9 Å². The first-order chi connectivity index (χ1) is 17.2. The molecule has 182 valence electrons. The number of Topliss-reactive ketones (excluding diaryl/α,β-unsaturated/α-hetero) is 1. The lowest BCUT2D eigenvalue weighted by molar-refractivity contribution is -0.386. The van der Waals surface area contributed by atoms with Crippen molar-refractivity contribution >= 4 is 29.3 Å². The largest absolute Gasteiger partial charge is 0.502 e. The summed E-state index contributed by atoms with van der Waals surface area (Å²) in [5.41, 5.74) is 1.58. The Labute approximate surface area is 205 Å². The number of nitrogens with zero attached hydrogens (tertiary/aromatic N) is 3. The van der Waals surface area contributed by atoms with Gasteiger partial charge in [-0.2, -0.15) is 0 Å². The fourth-order valence-electron chi connectivity index (χ4n) is 4.02. The number of carbonyl (C=O) groups is 1. The number of piperidine rings is 1. The Morgan fingerprint density at radius 3 is 1.69 bits per heavy atom. The molecule has 10 nitrogen and oxygen atoms in total. The summed E-state index contributed by atoms with van der Waals surface area (Å²) in [6, 6.07) is 17.4. The Balaban J connectivity index is 1.74. The van der Waals surface area contributed by atoms with Gasteiger partial charge < -0.3 is 10.2 Å². The summed E-state index contributed by atoms with van der Waals surface area (Å²) in [6.07, 6.45) is 3.08. The summed E-state index contributed by atoms with van der Waals surface area (Å²) in [6.45, 7) is 1.07. The van der Waals surface area contributed by atoms with Gasteiger partial charge in [0.2, 0.25) is 0 Å². The monoisotopic (exact) mass is 487 g/mol. The van der Waals surface area contributed by atoms with E-state index < -0.39 is 32.7 Å². The van der Waals surface area contributed by atoms with E-state index in [0.717, 1.165) is 5.56 Å². The maximum atomic E-state index is 13.4. The Kier molecular flexibility index (Phi) is 6.88. The highest BCUT2D eigenvalue weighted by Gasteiger charge is 2.27. The lowest BCUT2D eigenvalue weighted by Gasteiger charge is -2.30. The number of phenolic OH excluding ortho intramolecular Hbond substituents is 2. The van der Waals surface area contributed by atoms with Crippen molar-refractivity contribution in [2.45, 2.75) is 6.54 Å². The van der Waals surface area contributed by atoms with Gasteiger partial charge >= 0.3 is 11.4 Å². The van der Waals surface area contributed by atoms with Crippen LogP contribution in [0, 0.1) is 20.2 Å². The Bertz CT molecular complexity index is 1330. The van der Waals surface area contributed by atoms with Gasteiger partial charge in [0, 0.05) is 42.9 Å². The van der Waals surface area contributed by atoms with Gasteiger partial charge in [-0.1, -0.05) is 42.5 Å². The van der Waals surface area contributed by atoms with E-state index in [-0.39, 0.29) is 18.9 Å². The van der Waals surface area contributed by atoms with Crippen molar-refractivity contribution in [1.29, 1.82) is 0 Å². The minimum absolute atomic E-state index is 0.273. The first-order valence-electron chi connectivity index (χ1n) is 10.9. The molecule has 1 aliphatic rings. The predicted octanol–water partition coefficient (Wildman–Crippen LogP) is 4.47. The van der Waals surface area contributed by atoms with E-state index in [1.54, 1.807) is 12.2 Å². The van der Waals surface area contributed by atoms with E-state index in [1.165, 1.54) is 36.4 Å². The van der Waals surface area contributed by atoms with Gasteiger partial charge in [-0.3, -0.25) is 29.9 Å². The first-order valence-corrected chi connectivity index (χ1v) is 10.9. The van der Waals surface area contributed by atoms with Crippen LogP contribution in [0.4, 0.5) is 11.4 Å². The molecule has 1 aliphatic heterocycles. The van der Waals surface area contributed by atoms with E-state index >= 15 is 0 Å². The SMILES string of the molecule is O=C1/C(=C/c2ccc(O)c([N+](=O)[O-])c2)CN(Cc2ccccc2)C/C1=C\c1ccc(O)c([N+](=O)[O-])c1. The molecular formula is C26H21N3O7. The van der Waals surface area contributed by atoms with Crippen LogP contribution in [-0.4, -0.2) is 43.8 Å². The van der Waals surface area contributed by atoms with Crippen molar-refractivity contribution in [2.24, 2.45) is 0 Å². The van der Waals surface area contributed by atoms with E-state index in [2.05, 4.69) is 0 Å². The summed E-state index contributed by atoms with van der Waals surface area (Å²) in [5, 5.41) is 41.9. The first kappa shape index (κ1) is 24.3. The summed E-state index contributed by atoms with van der Waals surface area (Å²) < 4.78 is 0. The molecule has 0 aliphatic carbocycles. The third kappa shape index (κ3) is 5.45. The van der Waals surface area contributed by atoms with Crippen molar-refractivity contribution in [2.75, 3.05) is 13.1 Å². The summed E-state index contributed by atoms with van der Waals surface area (Å²) in [5.74, 6) is -1.25. The van der Waals surface area contributed by atoms with Crippen LogP contribution < -0.4 is 0 Å². The molecule has 0 radical (unpaired) electrons. The van der Waals surface area contributed by atoms with E-state index in [1.807, 2.05) is 35.2 Å². The standard InChI is InChI=1S/C26H21N3O7/c30-24-8-6-18(12-22(24)28(33)34)10-20-15-27(14-17-4-2-1-3-5-17)16-21(26(20)32)11-19-7-9-25(31)23(13-19)29(35)36/h1-13,30-31H,14-16H2/b20-10+,21-11+. The Morgan fingerprint density at radius 2 is 1.25 bits per heavy atom. The molecule has 1 heterocycles. The van der Waals surface area contributed by atoms with Gasteiger partial charge in [0.05, 0.1) is 9.85 Å².